The van der Waals surface area contributed by atoms with Gasteiger partial charge in [-0.15, -0.1) is 6.42 Å². The topological polar surface area (TPSA) is 20.2 Å². The van der Waals surface area contributed by atoms with Crippen LogP contribution in [0.3, 0.4) is 0 Å². The molecule has 0 spiro atoms. The van der Waals surface area contributed by atoms with Gasteiger partial charge in [-0.1, -0.05) is 38.2 Å². The van der Waals surface area contributed by atoms with Crippen LogP contribution in [-0.4, -0.2) is 14.6 Å². The summed E-state index contributed by atoms with van der Waals surface area (Å²) >= 11 is 0. The SMILES string of the molecule is CC1=[C-]CC=C1.C[SiH]C.Oc1ccccc1.[Ti]. The van der Waals surface area contributed by atoms with E-state index < -0.39 is 0 Å². The van der Waals surface area contributed by atoms with Gasteiger partial charge in [0.2, 0.25) is 0 Å². The molecule has 1 aliphatic carbocycles. The Hall–Kier alpha value is -0.569. The third-order valence-corrected chi connectivity index (χ3v) is 1.62. The maximum absolute atomic E-state index is 8.63. The van der Waals surface area contributed by atoms with E-state index in [1.54, 1.807) is 24.3 Å². The summed E-state index contributed by atoms with van der Waals surface area (Å²) in [5, 5.41) is 8.63. The summed E-state index contributed by atoms with van der Waals surface area (Å²) in [4.78, 5) is 0. The summed E-state index contributed by atoms with van der Waals surface area (Å²) in [6.07, 6.45) is 8.33. The van der Waals surface area contributed by atoms with Crippen molar-refractivity contribution in [2.75, 3.05) is 0 Å². The molecule has 0 heterocycles. The first-order chi connectivity index (χ1) is 7.70. The minimum absolute atomic E-state index is 0. The number of aromatic hydroxyl groups is 1. The van der Waals surface area contributed by atoms with Gasteiger partial charge < -0.3 is 5.11 Å². The van der Waals surface area contributed by atoms with Crippen molar-refractivity contribution in [3.8, 4) is 5.75 Å². The van der Waals surface area contributed by atoms with Crippen molar-refractivity contribution in [2.24, 2.45) is 0 Å². The van der Waals surface area contributed by atoms with Crippen LogP contribution in [0.25, 0.3) is 0 Å². The maximum Gasteiger partial charge on any atom is 0.115 e. The first-order valence-corrected chi connectivity index (χ1v) is 7.73. The molecule has 0 fully saturated rings. The predicted molar refractivity (Wildman–Crippen MR) is 73.2 cm³/mol. The van der Waals surface area contributed by atoms with Gasteiger partial charge in [-0.25, -0.2) is 11.6 Å². The Morgan fingerprint density at radius 2 is 1.71 bits per heavy atom. The van der Waals surface area contributed by atoms with Crippen LogP contribution in [-0.2, 0) is 21.7 Å². The fourth-order valence-corrected chi connectivity index (χ4v) is 0.943. The summed E-state index contributed by atoms with van der Waals surface area (Å²) in [5.74, 6) is 0.322. The molecule has 91 valence electrons. The van der Waals surface area contributed by atoms with Crippen LogP contribution in [0, 0.1) is 6.08 Å². The van der Waals surface area contributed by atoms with Crippen molar-refractivity contribution in [2.45, 2.75) is 26.4 Å². The zero-order valence-corrected chi connectivity index (χ0v) is 13.5. The van der Waals surface area contributed by atoms with Gasteiger partial charge >= 0.3 is 0 Å². The van der Waals surface area contributed by atoms with Crippen molar-refractivity contribution in [1.29, 1.82) is 0 Å². The Morgan fingerprint density at radius 3 is 1.88 bits per heavy atom. The number of hydrogen-bond donors (Lipinski definition) is 1. The molecule has 0 amide bonds. The summed E-state index contributed by atoms with van der Waals surface area (Å²) in [6.45, 7) is 6.48. The number of phenolic OH excluding ortho intramolecular Hbond substituents is 1. The second-order valence-corrected chi connectivity index (χ2v) is 4.53. The number of phenols is 1. The Kier molecular flexibility index (Phi) is 14.9. The molecular formula is C14H20OSiTi-. The van der Waals surface area contributed by atoms with Gasteiger partial charge in [-0.3, -0.25) is 6.08 Å². The van der Waals surface area contributed by atoms with Crippen molar-refractivity contribution in [1.82, 2.24) is 0 Å². The van der Waals surface area contributed by atoms with Crippen molar-refractivity contribution in [3.05, 3.63) is 54.1 Å². The molecule has 1 aromatic carbocycles. The van der Waals surface area contributed by atoms with Gasteiger partial charge in [0.05, 0.1) is 0 Å². The fourth-order valence-electron chi connectivity index (χ4n) is 0.943. The van der Waals surface area contributed by atoms with Gasteiger partial charge in [-0.2, -0.15) is 6.08 Å². The van der Waals surface area contributed by atoms with E-state index in [-0.39, 0.29) is 21.7 Å². The molecule has 1 aliphatic rings. The molecule has 1 aromatic rings. The second kappa shape index (κ2) is 13.5. The molecule has 1 nitrogen and oxygen atoms in total. The largest absolute Gasteiger partial charge is 0.508 e. The molecule has 3 heteroatoms. The summed E-state index contributed by atoms with van der Waals surface area (Å²) in [6, 6.07) is 8.71. The van der Waals surface area contributed by atoms with Crippen molar-refractivity contribution in [3.63, 3.8) is 0 Å². The number of para-hydroxylation sites is 1. The Bertz CT molecular complexity index is 317. The van der Waals surface area contributed by atoms with Gasteiger partial charge in [-0.05, 0) is 12.1 Å². The van der Waals surface area contributed by atoms with Crippen LogP contribution in [0.1, 0.15) is 13.3 Å². The van der Waals surface area contributed by atoms with Crippen LogP contribution >= 0.6 is 0 Å². The van der Waals surface area contributed by atoms with Gasteiger partial charge in [0.25, 0.3) is 0 Å². The molecule has 0 saturated carbocycles. The van der Waals surface area contributed by atoms with E-state index in [0.29, 0.717) is 5.75 Å². The van der Waals surface area contributed by atoms with E-state index in [9.17, 15) is 0 Å². The van der Waals surface area contributed by atoms with Gasteiger partial charge in [0.1, 0.15) is 5.75 Å². The predicted octanol–water partition coefficient (Wildman–Crippen LogP) is 3.60. The molecule has 0 bridgehead atoms. The van der Waals surface area contributed by atoms with Crippen LogP contribution in [0.15, 0.2) is 48.1 Å². The molecular weight excluding hydrogens is 260 g/mol. The maximum atomic E-state index is 8.63. The Morgan fingerprint density at radius 1 is 1.18 bits per heavy atom. The number of benzene rings is 1. The van der Waals surface area contributed by atoms with E-state index in [1.807, 2.05) is 6.07 Å². The molecule has 2 rings (SSSR count). The summed E-state index contributed by atoms with van der Waals surface area (Å²) in [5.41, 5.74) is 1.27. The molecule has 0 aromatic heterocycles. The van der Waals surface area contributed by atoms with Crippen molar-refractivity contribution < 1.29 is 26.8 Å². The minimum Gasteiger partial charge on any atom is -0.508 e. The Labute approximate surface area is 122 Å². The van der Waals surface area contributed by atoms with Gasteiger partial charge in [0.15, 0.2) is 0 Å². The van der Waals surface area contributed by atoms with Crippen LogP contribution in [0.5, 0.6) is 5.75 Å². The molecule has 0 aliphatic heterocycles. The summed E-state index contributed by atoms with van der Waals surface area (Å²) < 4.78 is 0. The van der Waals surface area contributed by atoms with Crippen LogP contribution < -0.4 is 0 Å². The molecule has 17 heavy (non-hydrogen) atoms. The number of hydrogen-bond acceptors (Lipinski definition) is 1. The first kappa shape index (κ1) is 18.8. The minimum atomic E-state index is 0. The van der Waals surface area contributed by atoms with E-state index in [4.69, 9.17) is 5.11 Å². The van der Waals surface area contributed by atoms with Crippen LogP contribution in [0.2, 0.25) is 13.1 Å². The quantitative estimate of drug-likeness (QED) is 0.568. The fraction of sp³-hybridized carbons (Fsp3) is 0.286. The van der Waals surface area contributed by atoms with E-state index in [2.05, 4.69) is 38.2 Å². The van der Waals surface area contributed by atoms with Gasteiger partial charge in [0, 0.05) is 31.2 Å². The number of allylic oxidation sites excluding steroid dienone is 4. The normalized spacial score (nSPS) is 11.1. The zero-order valence-electron chi connectivity index (χ0n) is 10.8. The smallest absolute Gasteiger partial charge is 0.115 e. The van der Waals surface area contributed by atoms with E-state index in [1.165, 1.54) is 5.57 Å². The molecule has 1 N–H and O–H groups in total. The molecule has 1 radical (unpaired) electrons. The average molecular weight is 280 g/mol. The standard InChI is InChI=1S/C6H6O.C6H7.C2H7Si.Ti/c7-6-4-2-1-3-5-6;1-6-4-2-3-5-6;1-3-2;/h1-5,7H;2,4H,3H2,1H3;3H,1-2H3;/q;-1;;. The van der Waals surface area contributed by atoms with E-state index in [0.717, 1.165) is 15.9 Å². The second-order valence-electron chi connectivity index (χ2n) is 3.38. The monoisotopic (exact) mass is 280 g/mol. The Balaban J connectivity index is 0. The molecule has 0 unspecified atom stereocenters. The first-order valence-electron chi connectivity index (χ1n) is 5.42. The summed E-state index contributed by atoms with van der Waals surface area (Å²) in [7, 11) is 0.750. The average Bonchev–Trinajstić information content (AvgIpc) is 2.72. The zero-order chi connectivity index (χ0) is 12.2. The molecule has 0 atom stereocenters. The van der Waals surface area contributed by atoms with E-state index >= 15 is 0 Å². The molecule has 0 saturated heterocycles. The third kappa shape index (κ3) is 13.4. The number of rotatable bonds is 0. The third-order valence-electron chi connectivity index (χ3n) is 1.62. The van der Waals surface area contributed by atoms with Crippen molar-refractivity contribution >= 4 is 9.52 Å². The van der Waals surface area contributed by atoms with Crippen LogP contribution in [0.4, 0.5) is 0 Å².